The molecule has 4 nitrogen and oxygen atoms in total. The molecule has 102 valence electrons. The molecule has 2 rings (SSSR count). The van der Waals surface area contributed by atoms with E-state index in [2.05, 4.69) is 29.4 Å². The van der Waals surface area contributed by atoms with E-state index in [1.54, 1.807) is 7.11 Å². The summed E-state index contributed by atoms with van der Waals surface area (Å²) >= 11 is 0. The van der Waals surface area contributed by atoms with Crippen molar-refractivity contribution in [3.05, 3.63) is 35.5 Å². The molecule has 0 aliphatic carbocycles. The van der Waals surface area contributed by atoms with E-state index in [4.69, 9.17) is 4.74 Å². The van der Waals surface area contributed by atoms with Crippen molar-refractivity contribution in [3.8, 4) is 0 Å². The third-order valence-corrected chi connectivity index (χ3v) is 3.13. The Labute approximate surface area is 113 Å². The summed E-state index contributed by atoms with van der Waals surface area (Å²) in [4.78, 5) is 15.2. The van der Waals surface area contributed by atoms with Crippen molar-refractivity contribution in [2.45, 2.75) is 26.3 Å². The van der Waals surface area contributed by atoms with Gasteiger partial charge >= 0.3 is 0 Å². The van der Waals surface area contributed by atoms with Gasteiger partial charge in [-0.1, -0.05) is 13.0 Å². The molecule has 4 heteroatoms. The fraction of sp³-hybridized carbons (Fsp3) is 0.400. The monoisotopic (exact) mass is 260 g/mol. The van der Waals surface area contributed by atoms with Gasteiger partial charge in [-0.2, -0.15) is 0 Å². The van der Waals surface area contributed by atoms with E-state index in [1.807, 2.05) is 19.1 Å². The number of amides is 1. The molecule has 0 aliphatic rings. The summed E-state index contributed by atoms with van der Waals surface area (Å²) in [6, 6.07) is 8.09. The fourth-order valence-corrected chi connectivity index (χ4v) is 2.12. The van der Waals surface area contributed by atoms with Crippen LogP contribution in [0.25, 0.3) is 10.9 Å². The van der Waals surface area contributed by atoms with Crippen LogP contribution in [0.15, 0.2) is 24.3 Å². The van der Waals surface area contributed by atoms with Gasteiger partial charge in [0, 0.05) is 24.1 Å². The quantitative estimate of drug-likeness (QED) is 0.867. The standard InChI is InChI=1S/C15H20N2O2/c1-4-11-5-6-13-12(7-11)8-14(17-13)15(18)16-10(2)9-19-3/h5-8,10,17H,4,9H2,1-3H3,(H,16,18)/t10-/m0/s1. The molecule has 2 N–H and O–H groups in total. The van der Waals surface area contributed by atoms with Crippen molar-refractivity contribution in [2.24, 2.45) is 0 Å². The van der Waals surface area contributed by atoms with Crippen LogP contribution in [0.3, 0.4) is 0 Å². The minimum Gasteiger partial charge on any atom is -0.383 e. The molecule has 2 aromatic rings. The van der Waals surface area contributed by atoms with E-state index < -0.39 is 0 Å². The first-order chi connectivity index (χ1) is 9.13. The van der Waals surface area contributed by atoms with Gasteiger partial charge in [0.1, 0.15) is 5.69 Å². The number of fused-ring (bicyclic) bond motifs is 1. The Balaban J connectivity index is 2.18. The van der Waals surface area contributed by atoms with Crippen LogP contribution in [0.2, 0.25) is 0 Å². The van der Waals surface area contributed by atoms with Gasteiger partial charge in [0.05, 0.1) is 6.61 Å². The molecule has 1 amide bonds. The predicted octanol–water partition coefficient (Wildman–Crippen LogP) is 2.50. The summed E-state index contributed by atoms with van der Waals surface area (Å²) in [5.41, 5.74) is 2.85. The van der Waals surface area contributed by atoms with Crippen LogP contribution in [0.5, 0.6) is 0 Å². The average molecular weight is 260 g/mol. The molecular formula is C15H20N2O2. The molecular weight excluding hydrogens is 240 g/mol. The summed E-state index contributed by atoms with van der Waals surface area (Å²) in [7, 11) is 1.62. The van der Waals surface area contributed by atoms with Crippen molar-refractivity contribution in [2.75, 3.05) is 13.7 Å². The predicted molar refractivity (Wildman–Crippen MR) is 76.5 cm³/mol. The van der Waals surface area contributed by atoms with Gasteiger partial charge in [0.15, 0.2) is 0 Å². The lowest BCUT2D eigenvalue weighted by molar-refractivity contribution is 0.0901. The van der Waals surface area contributed by atoms with Gasteiger partial charge in [-0.05, 0) is 37.1 Å². The number of hydrogen-bond donors (Lipinski definition) is 2. The van der Waals surface area contributed by atoms with Crippen LogP contribution >= 0.6 is 0 Å². The number of nitrogens with one attached hydrogen (secondary N) is 2. The molecule has 0 saturated carbocycles. The van der Waals surface area contributed by atoms with Crippen molar-refractivity contribution < 1.29 is 9.53 Å². The number of aromatic nitrogens is 1. The molecule has 1 aromatic carbocycles. The van der Waals surface area contributed by atoms with Crippen molar-refractivity contribution in [1.82, 2.24) is 10.3 Å². The molecule has 0 spiro atoms. The van der Waals surface area contributed by atoms with Crippen LogP contribution in [-0.4, -0.2) is 30.6 Å². The highest BCUT2D eigenvalue weighted by atomic mass is 16.5. The van der Waals surface area contributed by atoms with Crippen molar-refractivity contribution in [1.29, 1.82) is 0 Å². The Morgan fingerprint density at radius 3 is 2.89 bits per heavy atom. The van der Waals surface area contributed by atoms with Crippen LogP contribution in [0, 0.1) is 0 Å². The topological polar surface area (TPSA) is 54.1 Å². The number of aromatic amines is 1. The van der Waals surface area contributed by atoms with E-state index in [0.717, 1.165) is 17.3 Å². The zero-order valence-corrected chi connectivity index (χ0v) is 11.6. The first-order valence-corrected chi connectivity index (χ1v) is 6.55. The maximum absolute atomic E-state index is 12.1. The summed E-state index contributed by atoms with van der Waals surface area (Å²) in [6.45, 7) is 4.54. The van der Waals surface area contributed by atoms with E-state index in [1.165, 1.54) is 5.56 Å². The summed E-state index contributed by atoms with van der Waals surface area (Å²) < 4.78 is 5.00. The summed E-state index contributed by atoms with van der Waals surface area (Å²) in [5, 5.41) is 3.96. The van der Waals surface area contributed by atoms with Crippen LogP contribution in [0.4, 0.5) is 0 Å². The third-order valence-electron chi connectivity index (χ3n) is 3.13. The lowest BCUT2D eigenvalue weighted by atomic mass is 10.1. The Kier molecular flexibility index (Phi) is 4.22. The minimum absolute atomic E-state index is 0.00452. The highest BCUT2D eigenvalue weighted by molar-refractivity contribution is 5.98. The molecule has 19 heavy (non-hydrogen) atoms. The number of H-pyrrole nitrogens is 1. The van der Waals surface area contributed by atoms with Gasteiger partial charge in [-0.25, -0.2) is 0 Å². The second kappa shape index (κ2) is 5.89. The smallest absolute Gasteiger partial charge is 0.268 e. The molecule has 0 unspecified atom stereocenters. The number of ether oxygens (including phenoxy) is 1. The molecule has 0 fully saturated rings. The van der Waals surface area contributed by atoms with E-state index in [9.17, 15) is 4.79 Å². The van der Waals surface area contributed by atoms with Gasteiger partial charge < -0.3 is 15.0 Å². The maximum Gasteiger partial charge on any atom is 0.268 e. The van der Waals surface area contributed by atoms with Gasteiger partial charge in [-0.3, -0.25) is 4.79 Å². The maximum atomic E-state index is 12.1. The van der Waals surface area contributed by atoms with E-state index in [-0.39, 0.29) is 11.9 Å². The minimum atomic E-state index is -0.0983. The molecule has 0 radical (unpaired) electrons. The molecule has 1 heterocycles. The van der Waals surface area contributed by atoms with Crippen LogP contribution in [-0.2, 0) is 11.2 Å². The third kappa shape index (κ3) is 3.15. The summed E-state index contributed by atoms with van der Waals surface area (Å²) in [6.07, 6.45) is 0.994. The number of rotatable bonds is 5. The number of carbonyl (C=O) groups excluding carboxylic acids is 1. The van der Waals surface area contributed by atoms with E-state index in [0.29, 0.717) is 12.3 Å². The number of hydrogen-bond acceptors (Lipinski definition) is 2. The number of methoxy groups -OCH3 is 1. The van der Waals surface area contributed by atoms with E-state index >= 15 is 0 Å². The highest BCUT2D eigenvalue weighted by Gasteiger charge is 2.12. The Morgan fingerprint density at radius 2 is 2.21 bits per heavy atom. The van der Waals surface area contributed by atoms with Crippen LogP contribution in [0.1, 0.15) is 29.9 Å². The first-order valence-electron chi connectivity index (χ1n) is 6.55. The molecule has 1 aromatic heterocycles. The van der Waals surface area contributed by atoms with Crippen LogP contribution < -0.4 is 5.32 Å². The van der Waals surface area contributed by atoms with Crippen molar-refractivity contribution in [3.63, 3.8) is 0 Å². The average Bonchev–Trinajstić information content (AvgIpc) is 2.81. The van der Waals surface area contributed by atoms with Gasteiger partial charge in [0.25, 0.3) is 5.91 Å². The largest absolute Gasteiger partial charge is 0.383 e. The van der Waals surface area contributed by atoms with Gasteiger partial charge in [0.2, 0.25) is 0 Å². The normalized spacial score (nSPS) is 12.6. The molecule has 0 saturated heterocycles. The molecule has 1 atom stereocenters. The Hall–Kier alpha value is -1.81. The van der Waals surface area contributed by atoms with Gasteiger partial charge in [-0.15, -0.1) is 0 Å². The summed E-state index contributed by atoms with van der Waals surface area (Å²) in [5.74, 6) is -0.0983. The SMILES string of the molecule is CCc1ccc2[nH]c(C(=O)N[C@@H](C)COC)cc2c1. The lowest BCUT2D eigenvalue weighted by Crippen LogP contribution is -2.35. The molecule has 0 aliphatic heterocycles. The zero-order valence-electron chi connectivity index (χ0n) is 11.6. The fourth-order valence-electron chi connectivity index (χ4n) is 2.12. The second-order valence-electron chi connectivity index (χ2n) is 4.79. The molecule has 0 bridgehead atoms. The number of carbonyl (C=O) groups is 1. The highest BCUT2D eigenvalue weighted by Crippen LogP contribution is 2.17. The number of aryl methyl sites for hydroxylation is 1. The first kappa shape index (κ1) is 13.6. The number of benzene rings is 1. The Morgan fingerprint density at radius 1 is 1.42 bits per heavy atom. The lowest BCUT2D eigenvalue weighted by Gasteiger charge is -2.11. The Bertz CT molecular complexity index is 575. The van der Waals surface area contributed by atoms with Crippen molar-refractivity contribution >= 4 is 16.8 Å². The zero-order chi connectivity index (χ0) is 13.8. The second-order valence-corrected chi connectivity index (χ2v) is 4.79.